The first kappa shape index (κ1) is 30.1. The Labute approximate surface area is 303 Å². The average Bonchev–Trinajstić information content (AvgIpc) is 3.22. The minimum Gasteiger partial charge on any atom is -0.0622 e. The van der Waals surface area contributed by atoms with Gasteiger partial charge in [-0.05, 0) is 129 Å². The molecule has 242 valence electrons. The van der Waals surface area contributed by atoms with Crippen LogP contribution in [0.15, 0.2) is 206 Å². The molecule has 10 aromatic carbocycles. The Morgan fingerprint density at radius 2 is 0.500 bits per heavy atom. The van der Waals surface area contributed by atoms with Gasteiger partial charge in [-0.25, -0.2) is 0 Å². The molecule has 0 fully saturated rings. The molecule has 0 heteroatoms. The molecule has 0 aliphatic heterocycles. The lowest BCUT2D eigenvalue weighted by molar-refractivity contribution is 1.61. The molecule has 0 unspecified atom stereocenters. The molecule has 52 heavy (non-hydrogen) atoms. The van der Waals surface area contributed by atoms with Crippen molar-refractivity contribution in [1.82, 2.24) is 0 Å². The highest BCUT2D eigenvalue weighted by molar-refractivity contribution is 6.21. The SMILES string of the molecule is c1ccc(-c2cccc(-c3c4ccccc4c(-c4ccc5cc(-c6cccc(-c7ccc8ccccc8c7)c6)ccc5c4)c4ccccc34)c2)cc1. The zero-order valence-corrected chi connectivity index (χ0v) is 28.6. The molecule has 0 saturated heterocycles. The summed E-state index contributed by atoms with van der Waals surface area (Å²) in [6.07, 6.45) is 0. The van der Waals surface area contributed by atoms with Crippen LogP contribution in [0.25, 0.3) is 98.7 Å². The largest absolute Gasteiger partial charge is 0.0622 e. The van der Waals surface area contributed by atoms with Gasteiger partial charge in [0.2, 0.25) is 0 Å². The summed E-state index contributed by atoms with van der Waals surface area (Å²) in [5.74, 6) is 0. The van der Waals surface area contributed by atoms with Crippen LogP contribution in [-0.2, 0) is 0 Å². The minimum atomic E-state index is 1.22. The predicted octanol–water partition coefficient (Wildman–Crippen LogP) is 14.6. The monoisotopic (exact) mass is 658 g/mol. The van der Waals surface area contributed by atoms with Crippen molar-refractivity contribution in [3.63, 3.8) is 0 Å². The van der Waals surface area contributed by atoms with Crippen LogP contribution < -0.4 is 0 Å². The third-order valence-electron chi connectivity index (χ3n) is 10.6. The maximum absolute atomic E-state index is 2.37. The second-order valence-electron chi connectivity index (χ2n) is 13.7. The van der Waals surface area contributed by atoms with Crippen molar-refractivity contribution in [3.8, 4) is 55.6 Å². The minimum absolute atomic E-state index is 1.22. The van der Waals surface area contributed by atoms with Crippen LogP contribution in [-0.4, -0.2) is 0 Å². The van der Waals surface area contributed by atoms with E-state index >= 15 is 0 Å². The number of hydrogen-bond acceptors (Lipinski definition) is 0. The van der Waals surface area contributed by atoms with Gasteiger partial charge in [0.25, 0.3) is 0 Å². The Bertz CT molecular complexity index is 2890. The maximum Gasteiger partial charge on any atom is -0.00262 e. The Morgan fingerprint density at radius 1 is 0.173 bits per heavy atom. The average molecular weight is 659 g/mol. The van der Waals surface area contributed by atoms with Gasteiger partial charge in [0.05, 0.1) is 0 Å². The molecular formula is C52H34. The molecule has 0 N–H and O–H groups in total. The zero-order chi connectivity index (χ0) is 34.4. The molecule has 10 rings (SSSR count). The molecule has 0 nitrogen and oxygen atoms in total. The molecule has 0 aliphatic carbocycles. The zero-order valence-electron chi connectivity index (χ0n) is 28.6. The molecule has 0 atom stereocenters. The smallest absolute Gasteiger partial charge is 0.00262 e. The summed E-state index contributed by atoms with van der Waals surface area (Å²) in [5.41, 5.74) is 12.4. The van der Waals surface area contributed by atoms with Crippen molar-refractivity contribution in [1.29, 1.82) is 0 Å². The highest BCUT2D eigenvalue weighted by Crippen LogP contribution is 2.45. The van der Waals surface area contributed by atoms with E-state index in [1.165, 1.54) is 98.7 Å². The first-order chi connectivity index (χ1) is 25.8. The lowest BCUT2D eigenvalue weighted by Crippen LogP contribution is -1.91. The van der Waals surface area contributed by atoms with Gasteiger partial charge in [-0.3, -0.25) is 0 Å². The van der Waals surface area contributed by atoms with Gasteiger partial charge in [-0.1, -0.05) is 176 Å². The second-order valence-corrected chi connectivity index (χ2v) is 13.7. The van der Waals surface area contributed by atoms with Crippen LogP contribution >= 0.6 is 0 Å². The molecular weight excluding hydrogens is 625 g/mol. The molecule has 0 radical (unpaired) electrons. The van der Waals surface area contributed by atoms with E-state index in [4.69, 9.17) is 0 Å². The summed E-state index contributed by atoms with van der Waals surface area (Å²) in [4.78, 5) is 0. The summed E-state index contributed by atoms with van der Waals surface area (Å²) in [6, 6.07) is 75.5. The normalized spacial score (nSPS) is 11.5. The summed E-state index contributed by atoms with van der Waals surface area (Å²) in [7, 11) is 0. The summed E-state index contributed by atoms with van der Waals surface area (Å²) >= 11 is 0. The third-order valence-corrected chi connectivity index (χ3v) is 10.6. The van der Waals surface area contributed by atoms with Crippen LogP contribution in [0, 0.1) is 0 Å². The van der Waals surface area contributed by atoms with E-state index in [-0.39, 0.29) is 0 Å². The van der Waals surface area contributed by atoms with Crippen molar-refractivity contribution >= 4 is 43.1 Å². The van der Waals surface area contributed by atoms with Crippen molar-refractivity contribution in [2.75, 3.05) is 0 Å². The van der Waals surface area contributed by atoms with Crippen LogP contribution in [0.2, 0.25) is 0 Å². The van der Waals surface area contributed by atoms with E-state index in [0.29, 0.717) is 0 Å². The van der Waals surface area contributed by atoms with Crippen LogP contribution in [0.1, 0.15) is 0 Å². The lowest BCUT2D eigenvalue weighted by Gasteiger charge is -2.18. The van der Waals surface area contributed by atoms with Crippen LogP contribution in [0.3, 0.4) is 0 Å². The van der Waals surface area contributed by atoms with Crippen molar-refractivity contribution in [2.24, 2.45) is 0 Å². The van der Waals surface area contributed by atoms with Gasteiger partial charge in [0.15, 0.2) is 0 Å². The third kappa shape index (κ3) is 5.25. The van der Waals surface area contributed by atoms with Gasteiger partial charge in [0, 0.05) is 0 Å². The van der Waals surface area contributed by atoms with E-state index in [0.717, 1.165) is 0 Å². The molecule has 10 aromatic rings. The van der Waals surface area contributed by atoms with Gasteiger partial charge in [-0.15, -0.1) is 0 Å². The first-order valence-electron chi connectivity index (χ1n) is 18.0. The fourth-order valence-corrected chi connectivity index (χ4v) is 8.06. The highest BCUT2D eigenvalue weighted by Gasteiger charge is 2.17. The summed E-state index contributed by atoms with van der Waals surface area (Å²) < 4.78 is 0. The lowest BCUT2D eigenvalue weighted by atomic mass is 9.85. The predicted molar refractivity (Wildman–Crippen MR) is 224 cm³/mol. The molecule has 0 spiro atoms. The second kappa shape index (κ2) is 12.5. The van der Waals surface area contributed by atoms with E-state index in [9.17, 15) is 0 Å². The van der Waals surface area contributed by atoms with Gasteiger partial charge >= 0.3 is 0 Å². The Morgan fingerprint density at radius 3 is 1.08 bits per heavy atom. The number of hydrogen-bond donors (Lipinski definition) is 0. The van der Waals surface area contributed by atoms with Crippen molar-refractivity contribution in [3.05, 3.63) is 206 Å². The quantitative estimate of drug-likeness (QED) is 0.161. The van der Waals surface area contributed by atoms with E-state index in [2.05, 4.69) is 206 Å². The van der Waals surface area contributed by atoms with Crippen LogP contribution in [0.5, 0.6) is 0 Å². The molecule has 0 bridgehead atoms. The van der Waals surface area contributed by atoms with Crippen LogP contribution in [0.4, 0.5) is 0 Å². The van der Waals surface area contributed by atoms with Gasteiger partial charge in [0.1, 0.15) is 0 Å². The molecule has 0 saturated carbocycles. The van der Waals surface area contributed by atoms with Crippen molar-refractivity contribution in [2.45, 2.75) is 0 Å². The number of benzene rings is 10. The van der Waals surface area contributed by atoms with E-state index < -0.39 is 0 Å². The van der Waals surface area contributed by atoms with Gasteiger partial charge in [-0.2, -0.15) is 0 Å². The molecule has 0 heterocycles. The van der Waals surface area contributed by atoms with E-state index in [1.54, 1.807) is 0 Å². The molecule has 0 amide bonds. The Kier molecular flexibility index (Phi) is 7.25. The van der Waals surface area contributed by atoms with Crippen molar-refractivity contribution < 1.29 is 0 Å². The topological polar surface area (TPSA) is 0 Å². The standard InChI is InChI=1S/C52H34/c1-2-12-35(13-3-1)38-16-11-19-45(33-38)51-47-20-6-8-22-49(47)52(50-23-9-7-21-48(50)51)46-29-28-43-32-42(26-27-44(43)34-46)40-18-10-17-39(31-40)41-25-24-36-14-4-5-15-37(36)30-41/h1-34H. The fourth-order valence-electron chi connectivity index (χ4n) is 8.06. The summed E-state index contributed by atoms with van der Waals surface area (Å²) in [6.45, 7) is 0. The highest BCUT2D eigenvalue weighted by atomic mass is 14.2. The molecule has 0 aromatic heterocycles. The number of rotatable bonds is 5. The fraction of sp³-hybridized carbons (Fsp3) is 0. The van der Waals surface area contributed by atoms with Gasteiger partial charge < -0.3 is 0 Å². The van der Waals surface area contributed by atoms with E-state index in [1.807, 2.05) is 0 Å². The Hall–Kier alpha value is -6.76. The molecule has 0 aliphatic rings. The summed E-state index contributed by atoms with van der Waals surface area (Å²) in [5, 5.41) is 10.1. The maximum atomic E-state index is 2.37. The number of fused-ring (bicyclic) bond motifs is 4. The Balaban J connectivity index is 1.07. The first-order valence-corrected chi connectivity index (χ1v) is 18.0.